The van der Waals surface area contributed by atoms with Crippen molar-refractivity contribution in [1.29, 1.82) is 0 Å². The summed E-state index contributed by atoms with van der Waals surface area (Å²) < 4.78 is 10.1. The Labute approximate surface area is 149 Å². The molecule has 0 aliphatic carbocycles. The van der Waals surface area contributed by atoms with Crippen molar-refractivity contribution in [2.24, 2.45) is 0 Å². The Bertz CT molecular complexity index is 749. The zero-order chi connectivity index (χ0) is 17.5. The highest BCUT2D eigenvalue weighted by Crippen LogP contribution is 2.25. The molecule has 2 aromatic carbocycles. The largest absolute Gasteiger partial charge is 0.482 e. The van der Waals surface area contributed by atoms with Gasteiger partial charge in [-0.25, -0.2) is 4.79 Å². The molecule has 0 aromatic heterocycles. The van der Waals surface area contributed by atoms with Crippen LogP contribution in [-0.4, -0.2) is 25.1 Å². The predicted molar refractivity (Wildman–Crippen MR) is 92.7 cm³/mol. The van der Waals surface area contributed by atoms with Gasteiger partial charge in [0.1, 0.15) is 5.75 Å². The maximum Gasteiger partial charge on any atom is 0.344 e. The van der Waals surface area contributed by atoms with Gasteiger partial charge in [0.05, 0.1) is 10.7 Å². The van der Waals surface area contributed by atoms with Gasteiger partial charge in [0.2, 0.25) is 0 Å². The van der Waals surface area contributed by atoms with Crippen molar-refractivity contribution in [3.63, 3.8) is 0 Å². The van der Waals surface area contributed by atoms with E-state index in [1.807, 2.05) is 19.1 Å². The lowest BCUT2D eigenvalue weighted by Gasteiger charge is -2.09. The third kappa shape index (κ3) is 5.76. The molecule has 2 aromatic rings. The van der Waals surface area contributed by atoms with Crippen LogP contribution in [0, 0.1) is 6.92 Å². The number of ether oxygens (including phenoxy) is 2. The fourth-order valence-corrected chi connectivity index (χ4v) is 2.15. The van der Waals surface area contributed by atoms with Crippen LogP contribution in [0.3, 0.4) is 0 Å². The van der Waals surface area contributed by atoms with Gasteiger partial charge >= 0.3 is 5.97 Å². The summed E-state index contributed by atoms with van der Waals surface area (Å²) in [7, 11) is 0. The highest BCUT2D eigenvalue weighted by Gasteiger charge is 2.11. The van der Waals surface area contributed by atoms with Gasteiger partial charge in [0.25, 0.3) is 5.91 Å². The lowest BCUT2D eigenvalue weighted by molar-refractivity contribution is -0.149. The van der Waals surface area contributed by atoms with Crippen LogP contribution in [0.15, 0.2) is 42.5 Å². The molecule has 0 aliphatic heterocycles. The van der Waals surface area contributed by atoms with E-state index in [0.29, 0.717) is 21.5 Å². The van der Waals surface area contributed by atoms with Crippen LogP contribution >= 0.6 is 23.2 Å². The fourth-order valence-electron chi connectivity index (χ4n) is 1.81. The van der Waals surface area contributed by atoms with Crippen molar-refractivity contribution in [1.82, 2.24) is 0 Å². The Morgan fingerprint density at radius 3 is 2.62 bits per heavy atom. The van der Waals surface area contributed by atoms with Gasteiger partial charge in [-0.2, -0.15) is 0 Å². The zero-order valence-electron chi connectivity index (χ0n) is 12.8. The van der Waals surface area contributed by atoms with Crippen molar-refractivity contribution in [2.45, 2.75) is 6.92 Å². The molecule has 0 bridgehead atoms. The second kappa shape index (κ2) is 8.57. The fraction of sp³-hybridized carbons (Fsp3) is 0.176. The molecule has 1 amide bonds. The standard InChI is InChI=1S/C17H15Cl2NO4/c1-11-3-2-4-13(7-11)23-10-17(22)24-9-16(21)20-15-8-12(18)5-6-14(15)19/h2-8H,9-10H2,1H3,(H,20,21). The summed E-state index contributed by atoms with van der Waals surface area (Å²) >= 11 is 11.8. The van der Waals surface area contributed by atoms with Crippen molar-refractivity contribution in [3.8, 4) is 5.75 Å². The number of amides is 1. The number of carbonyl (C=O) groups excluding carboxylic acids is 2. The van der Waals surface area contributed by atoms with E-state index < -0.39 is 18.5 Å². The molecule has 0 saturated heterocycles. The Kier molecular flexibility index (Phi) is 6.46. The molecule has 7 heteroatoms. The number of esters is 1. The first-order chi connectivity index (χ1) is 11.4. The van der Waals surface area contributed by atoms with Crippen molar-refractivity contribution < 1.29 is 19.1 Å². The smallest absolute Gasteiger partial charge is 0.344 e. The second-order valence-electron chi connectivity index (χ2n) is 4.94. The summed E-state index contributed by atoms with van der Waals surface area (Å²) in [6, 6.07) is 11.9. The van der Waals surface area contributed by atoms with Gasteiger partial charge in [-0.05, 0) is 42.8 Å². The monoisotopic (exact) mass is 367 g/mol. The quantitative estimate of drug-likeness (QED) is 0.787. The number of hydrogen-bond donors (Lipinski definition) is 1. The van der Waals surface area contributed by atoms with Gasteiger partial charge in [0, 0.05) is 5.02 Å². The summed E-state index contributed by atoms with van der Waals surface area (Å²) in [6.45, 7) is 1.18. The molecule has 0 atom stereocenters. The number of aryl methyl sites for hydroxylation is 1. The van der Waals surface area contributed by atoms with Crippen LogP contribution in [0.4, 0.5) is 5.69 Å². The topological polar surface area (TPSA) is 64.6 Å². The molecule has 0 saturated carbocycles. The van der Waals surface area contributed by atoms with Crippen LogP contribution < -0.4 is 10.1 Å². The molecule has 0 radical (unpaired) electrons. The molecular formula is C17H15Cl2NO4. The Morgan fingerprint density at radius 2 is 1.88 bits per heavy atom. The molecule has 0 spiro atoms. The first-order valence-electron chi connectivity index (χ1n) is 7.04. The molecule has 126 valence electrons. The Morgan fingerprint density at radius 1 is 1.08 bits per heavy atom. The highest BCUT2D eigenvalue weighted by molar-refractivity contribution is 6.35. The van der Waals surface area contributed by atoms with Gasteiger partial charge in [0.15, 0.2) is 13.2 Å². The van der Waals surface area contributed by atoms with Gasteiger partial charge in [-0.1, -0.05) is 35.3 Å². The summed E-state index contributed by atoms with van der Waals surface area (Å²) in [5.74, 6) is -0.617. The summed E-state index contributed by atoms with van der Waals surface area (Å²) in [5, 5.41) is 3.28. The Balaban J connectivity index is 1.77. The molecule has 0 aliphatic rings. The number of hydrogen-bond acceptors (Lipinski definition) is 4. The molecule has 24 heavy (non-hydrogen) atoms. The lowest BCUT2D eigenvalue weighted by Crippen LogP contribution is -2.23. The van der Waals surface area contributed by atoms with E-state index in [-0.39, 0.29) is 6.61 Å². The average molecular weight is 368 g/mol. The van der Waals surface area contributed by atoms with E-state index in [1.165, 1.54) is 6.07 Å². The molecule has 0 fully saturated rings. The highest BCUT2D eigenvalue weighted by atomic mass is 35.5. The number of halogens is 2. The third-order valence-corrected chi connectivity index (χ3v) is 3.48. The summed E-state index contributed by atoms with van der Waals surface area (Å²) in [4.78, 5) is 23.4. The number of nitrogens with one attached hydrogen (secondary N) is 1. The molecule has 2 rings (SSSR count). The van der Waals surface area contributed by atoms with Crippen LogP contribution in [-0.2, 0) is 14.3 Å². The van der Waals surface area contributed by atoms with E-state index in [2.05, 4.69) is 5.32 Å². The van der Waals surface area contributed by atoms with Crippen LogP contribution in [0.5, 0.6) is 5.75 Å². The summed E-state index contributed by atoms with van der Waals surface area (Å²) in [5.41, 5.74) is 1.36. The van der Waals surface area contributed by atoms with Crippen LogP contribution in [0.2, 0.25) is 10.0 Å². The minimum absolute atomic E-state index is 0.283. The first kappa shape index (κ1) is 18.1. The minimum Gasteiger partial charge on any atom is -0.482 e. The SMILES string of the molecule is Cc1cccc(OCC(=O)OCC(=O)Nc2cc(Cl)ccc2Cl)c1. The number of carbonyl (C=O) groups is 2. The first-order valence-corrected chi connectivity index (χ1v) is 7.79. The summed E-state index contributed by atoms with van der Waals surface area (Å²) in [6.07, 6.45) is 0. The number of rotatable bonds is 6. The molecule has 5 nitrogen and oxygen atoms in total. The van der Waals surface area contributed by atoms with E-state index in [0.717, 1.165) is 5.56 Å². The van der Waals surface area contributed by atoms with E-state index >= 15 is 0 Å². The van der Waals surface area contributed by atoms with Gasteiger partial charge < -0.3 is 14.8 Å². The van der Waals surface area contributed by atoms with Gasteiger partial charge in [-0.15, -0.1) is 0 Å². The van der Waals surface area contributed by atoms with E-state index in [4.69, 9.17) is 32.7 Å². The predicted octanol–water partition coefficient (Wildman–Crippen LogP) is 3.86. The number of benzene rings is 2. The molecule has 0 heterocycles. The van der Waals surface area contributed by atoms with Crippen LogP contribution in [0.1, 0.15) is 5.56 Å². The Hall–Kier alpha value is -2.24. The van der Waals surface area contributed by atoms with Crippen molar-refractivity contribution >= 4 is 40.8 Å². The molecule has 0 unspecified atom stereocenters. The minimum atomic E-state index is -0.649. The zero-order valence-corrected chi connectivity index (χ0v) is 14.4. The van der Waals surface area contributed by atoms with E-state index in [9.17, 15) is 9.59 Å². The van der Waals surface area contributed by atoms with Crippen LogP contribution in [0.25, 0.3) is 0 Å². The van der Waals surface area contributed by atoms with Gasteiger partial charge in [-0.3, -0.25) is 4.79 Å². The lowest BCUT2D eigenvalue weighted by atomic mass is 10.2. The van der Waals surface area contributed by atoms with Crippen molar-refractivity contribution in [3.05, 3.63) is 58.1 Å². The molecular weight excluding hydrogens is 353 g/mol. The normalized spacial score (nSPS) is 10.1. The van der Waals surface area contributed by atoms with E-state index in [1.54, 1.807) is 24.3 Å². The average Bonchev–Trinajstić information content (AvgIpc) is 2.54. The maximum atomic E-state index is 11.8. The third-order valence-electron chi connectivity index (χ3n) is 2.91. The second-order valence-corrected chi connectivity index (χ2v) is 5.78. The maximum absolute atomic E-state index is 11.8. The molecule has 1 N–H and O–H groups in total. The number of anilines is 1. The van der Waals surface area contributed by atoms with Crippen molar-refractivity contribution in [2.75, 3.05) is 18.5 Å².